The normalized spacial score (nSPS) is 11.8. The molecule has 122 valence electrons. The van der Waals surface area contributed by atoms with Crippen molar-refractivity contribution in [2.75, 3.05) is 6.54 Å². The number of urea groups is 1. The number of halogens is 3. The van der Waals surface area contributed by atoms with Crippen molar-refractivity contribution in [1.29, 1.82) is 0 Å². The maximum Gasteiger partial charge on any atom is 0.315 e. The Bertz CT molecular complexity index is 677. The Balaban J connectivity index is 1.86. The first-order valence-corrected chi connectivity index (χ1v) is 7.24. The average molecular weight is 341 g/mol. The Morgan fingerprint density at radius 3 is 2.39 bits per heavy atom. The van der Waals surface area contributed by atoms with Gasteiger partial charge in [-0.25, -0.2) is 13.6 Å². The summed E-state index contributed by atoms with van der Waals surface area (Å²) >= 11 is 5.96. The van der Waals surface area contributed by atoms with E-state index >= 15 is 0 Å². The summed E-state index contributed by atoms with van der Waals surface area (Å²) in [5.74, 6) is -1.73. The van der Waals surface area contributed by atoms with Crippen LogP contribution in [0.25, 0.3) is 0 Å². The minimum Gasteiger partial charge on any atom is -0.386 e. The highest BCUT2D eigenvalue weighted by atomic mass is 35.5. The van der Waals surface area contributed by atoms with Gasteiger partial charge < -0.3 is 15.7 Å². The predicted octanol–water partition coefficient (Wildman–Crippen LogP) is 3.15. The lowest BCUT2D eigenvalue weighted by Gasteiger charge is -2.14. The van der Waals surface area contributed by atoms with E-state index < -0.39 is 29.3 Å². The number of benzene rings is 2. The second-order valence-electron chi connectivity index (χ2n) is 4.81. The molecule has 0 aliphatic rings. The maximum atomic E-state index is 13.5. The zero-order valence-electron chi connectivity index (χ0n) is 12.0. The van der Waals surface area contributed by atoms with E-state index in [2.05, 4.69) is 10.6 Å². The predicted molar refractivity (Wildman–Crippen MR) is 83.0 cm³/mol. The van der Waals surface area contributed by atoms with Crippen LogP contribution in [0.2, 0.25) is 5.02 Å². The van der Waals surface area contributed by atoms with E-state index in [-0.39, 0.29) is 13.1 Å². The first-order chi connectivity index (χ1) is 11.0. The van der Waals surface area contributed by atoms with Gasteiger partial charge in [0.15, 0.2) is 0 Å². The molecule has 0 heterocycles. The molecule has 3 N–H and O–H groups in total. The summed E-state index contributed by atoms with van der Waals surface area (Å²) in [5, 5.41) is 15.2. The quantitative estimate of drug-likeness (QED) is 0.783. The van der Waals surface area contributed by atoms with E-state index in [1.807, 2.05) is 0 Å². The molecule has 2 rings (SSSR count). The molecule has 2 aromatic carbocycles. The minimum absolute atomic E-state index is 0.190. The minimum atomic E-state index is -1.48. The summed E-state index contributed by atoms with van der Waals surface area (Å²) in [6.07, 6.45) is -1.48. The summed E-state index contributed by atoms with van der Waals surface area (Å²) in [7, 11) is 0. The molecule has 0 saturated carbocycles. The lowest BCUT2D eigenvalue weighted by atomic mass is 10.1. The van der Waals surface area contributed by atoms with Gasteiger partial charge in [0.05, 0.1) is 5.56 Å². The topological polar surface area (TPSA) is 61.4 Å². The number of rotatable bonds is 5. The van der Waals surface area contributed by atoms with Gasteiger partial charge in [0.2, 0.25) is 0 Å². The fourth-order valence-corrected chi connectivity index (χ4v) is 2.20. The number of carbonyl (C=O) groups is 1. The summed E-state index contributed by atoms with van der Waals surface area (Å²) in [6.45, 7) is -0.137. The van der Waals surface area contributed by atoms with Gasteiger partial charge in [0.25, 0.3) is 0 Å². The van der Waals surface area contributed by atoms with Gasteiger partial charge in [-0.1, -0.05) is 35.9 Å². The molecule has 1 atom stereocenters. The Morgan fingerprint density at radius 2 is 1.74 bits per heavy atom. The van der Waals surface area contributed by atoms with Gasteiger partial charge in [-0.05, 0) is 23.8 Å². The number of nitrogens with one attached hydrogen (secondary N) is 2. The molecule has 0 aromatic heterocycles. The van der Waals surface area contributed by atoms with Crippen LogP contribution in [0.5, 0.6) is 0 Å². The third-order valence-electron chi connectivity index (χ3n) is 3.19. The third kappa shape index (κ3) is 4.64. The first-order valence-electron chi connectivity index (χ1n) is 6.86. The standard InChI is InChI=1S/C16H15ClF2N2O2/c17-11-5-2-1-4-10(11)8-20-16(23)21-9-14(22)15-12(18)6-3-7-13(15)19/h1-7,14,22H,8-9H2,(H2,20,21,23). The Hall–Kier alpha value is -2.18. The van der Waals surface area contributed by atoms with Crippen LogP contribution in [0.3, 0.4) is 0 Å². The molecule has 0 fully saturated rings. The Labute approximate surface area is 137 Å². The monoisotopic (exact) mass is 340 g/mol. The molecule has 4 nitrogen and oxygen atoms in total. The summed E-state index contributed by atoms with van der Waals surface area (Å²) in [5.41, 5.74) is 0.254. The van der Waals surface area contributed by atoms with Crippen molar-refractivity contribution in [2.45, 2.75) is 12.6 Å². The largest absolute Gasteiger partial charge is 0.386 e. The highest BCUT2D eigenvalue weighted by molar-refractivity contribution is 6.31. The van der Waals surface area contributed by atoms with E-state index in [0.29, 0.717) is 5.02 Å². The van der Waals surface area contributed by atoms with Crippen molar-refractivity contribution in [3.05, 3.63) is 70.2 Å². The lowest BCUT2D eigenvalue weighted by Crippen LogP contribution is -2.37. The average Bonchev–Trinajstić information content (AvgIpc) is 2.52. The summed E-state index contributed by atoms with van der Waals surface area (Å²) < 4.78 is 27.0. The summed E-state index contributed by atoms with van der Waals surface area (Å²) in [6, 6.07) is 9.70. The third-order valence-corrected chi connectivity index (χ3v) is 3.55. The zero-order valence-corrected chi connectivity index (χ0v) is 12.8. The van der Waals surface area contributed by atoms with Crippen LogP contribution >= 0.6 is 11.6 Å². The lowest BCUT2D eigenvalue weighted by molar-refractivity contribution is 0.164. The molecule has 0 spiro atoms. The van der Waals surface area contributed by atoms with Crippen molar-refractivity contribution in [1.82, 2.24) is 10.6 Å². The molecular formula is C16H15ClF2N2O2. The van der Waals surface area contributed by atoms with Gasteiger partial charge >= 0.3 is 6.03 Å². The number of aliphatic hydroxyl groups is 1. The molecule has 1 unspecified atom stereocenters. The Kier molecular flexibility index (Phi) is 5.90. The molecule has 0 aliphatic heterocycles. The van der Waals surface area contributed by atoms with Crippen molar-refractivity contribution in [3.63, 3.8) is 0 Å². The van der Waals surface area contributed by atoms with Crippen molar-refractivity contribution in [2.24, 2.45) is 0 Å². The maximum absolute atomic E-state index is 13.5. The molecule has 0 radical (unpaired) electrons. The number of hydrogen-bond acceptors (Lipinski definition) is 2. The highest BCUT2D eigenvalue weighted by Gasteiger charge is 2.18. The second kappa shape index (κ2) is 7.89. The molecule has 2 aromatic rings. The Morgan fingerprint density at radius 1 is 1.09 bits per heavy atom. The van der Waals surface area contributed by atoms with Crippen molar-refractivity contribution >= 4 is 17.6 Å². The van der Waals surface area contributed by atoms with Crippen LogP contribution in [0, 0.1) is 11.6 Å². The number of hydrogen-bond donors (Lipinski definition) is 3. The second-order valence-corrected chi connectivity index (χ2v) is 5.21. The van der Waals surface area contributed by atoms with Gasteiger partial charge in [-0.2, -0.15) is 0 Å². The van der Waals surface area contributed by atoms with Crippen molar-refractivity contribution < 1.29 is 18.7 Å². The van der Waals surface area contributed by atoms with E-state index in [9.17, 15) is 18.7 Å². The van der Waals surface area contributed by atoms with E-state index in [1.54, 1.807) is 24.3 Å². The zero-order chi connectivity index (χ0) is 16.8. The molecule has 7 heteroatoms. The molecule has 23 heavy (non-hydrogen) atoms. The van der Waals surface area contributed by atoms with Crippen LogP contribution in [-0.2, 0) is 6.54 Å². The number of amides is 2. The highest BCUT2D eigenvalue weighted by Crippen LogP contribution is 2.20. The van der Waals surface area contributed by atoms with E-state index in [1.165, 1.54) is 6.07 Å². The van der Waals surface area contributed by atoms with Crippen LogP contribution in [0.15, 0.2) is 42.5 Å². The van der Waals surface area contributed by atoms with Gasteiger partial charge in [-0.3, -0.25) is 0 Å². The van der Waals surface area contributed by atoms with Crippen LogP contribution in [-0.4, -0.2) is 17.7 Å². The number of carbonyl (C=O) groups excluding carboxylic acids is 1. The number of aliphatic hydroxyl groups excluding tert-OH is 1. The van der Waals surface area contributed by atoms with Crippen LogP contribution in [0.1, 0.15) is 17.2 Å². The van der Waals surface area contributed by atoms with E-state index in [4.69, 9.17) is 11.6 Å². The molecule has 0 bridgehead atoms. The SMILES string of the molecule is O=C(NCc1ccccc1Cl)NCC(O)c1c(F)cccc1F. The first kappa shape index (κ1) is 17.2. The van der Waals surface area contributed by atoms with Crippen molar-refractivity contribution in [3.8, 4) is 0 Å². The van der Waals surface area contributed by atoms with Gasteiger partial charge in [0, 0.05) is 18.1 Å². The van der Waals surface area contributed by atoms with Crippen LogP contribution in [0.4, 0.5) is 13.6 Å². The van der Waals surface area contributed by atoms with Gasteiger partial charge in [-0.15, -0.1) is 0 Å². The fraction of sp³-hybridized carbons (Fsp3) is 0.188. The fourth-order valence-electron chi connectivity index (χ4n) is 2.00. The van der Waals surface area contributed by atoms with Crippen LogP contribution < -0.4 is 10.6 Å². The molecule has 0 saturated heterocycles. The van der Waals surface area contributed by atoms with Gasteiger partial charge in [0.1, 0.15) is 17.7 Å². The molecule has 2 amide bonds. The molecule has 0 aliphatic carbocycles. The van der Waals surface area contributed by atoms with E-state index in [0.717, 1.165) is 17.7 Å². The smallest absolute Gasteiger partial charge is 0.315 e. The summed E-state index contributed by atoms with van der Waals surface area (Å²) in [4.78, 5) is 11.7. The molecular weight excluding hydrogens is 326 g/mol.